The highest BCUT2D eigenvalue weighted by Crippen LogP contribution is 2.40. The molecule has 3 saturated heterocycles. The average Bonchev–Trinajstić information content (AvgIpc) is 3.48. The van der Waals surface area contributed by atoms with Gasteiger partial charge in [0.2, 0.25) is 5.60 Å². The van der Waals surface area contributed by atoms with Gasteiger partial charge in [-0.25, -0.2) is 4.79 Å². The summed E-state index contributed by atoms with van der Waals surface area (Å²) in [6.07, 6.45) is 1.93. The normalized spacial score (nSPS) is 25.2. The Hall–Kier alpha value is -0.810. The molecule has 172 valence electrons. The van der Waals surface area contributed by atoms with Crippen molar-refractivity contribution in [1.29, 1.82) is 0 Å². The summed E-state index contributed by atoms with van der Waals surface area (Å²) >= 11 is 2.75. The lowest BCUT2D eigenvalue weighted by molar-refractivity contribution is -0.946. The van der Waals surface area contributed by atoms with E-state index in [1.165, 1.54) is 22.7 Å². The Morgan fingerprint density at radius 3 is 2.32 bits per heavy atom. The highest BCUT2D eigenvalue weighted by Gasteiger charge is 2.51. The Kier molecular flexibility index (Phi) is 8.71. The van der Waals surface area contributed by atoms with Crippen LogP contribution in [0.15, 0.2) is 35.0 Å². The third-order valence-electron chi connectivity index (χ3n) is 6.49. The summed E-state index contributed by atoms with van der Waals surface area (Å²) in [7, 11) is 1.67. The monoisotopic (exact) mass is 531 g/mol. The number of aliphatic hydroxyl groups is 1. The van der Waals surface area contributed by atoms with Crippen molar-refractivity contribution in [2.75, 3.05) is 53.1 Å². The minimum Gasteiger partial charge on any atom is -1.00 e. The number of hydrogen-bond acceptors (Lipinski definition) is 7. The Labute approximate surface area is 202 Å². The summed E-state index contributed by atoms with van der Waals surface area (Å²) in [5.74, 6) is -0.181. The van der Waals surface area contributed by atoms with Gasteiger partial charge in [-0.15, -0.1) is 22.7 Å². The zero-order valence-corrected chi connectivity index (χ0v) is 20.9. The molecule has 0 saturated carbocycles. The molecule has 5 heterocycles. The summed E-state index contributed by atoms with van der Waals surface area (Å²) < 4.78 is 17.7. The molecule has 6 nitrogen and oxygen atoms in total. The van der Waals surface area contributed by atoms with Crippen molar-refractivity contribution in [3.63, 3.8) is 0 Å². The van der Waals surface area contributed by atoms with Crippen LogP contribution in [0.4, 0.5) is 0 Å². The van der Waals surface area contributed by atoms with Gasteiger partial charge in [0.1, 0.15) is 13.1 Å². The number of ether oxygens (including phenoxy) is 3. The first-order chi connectivity index (χ1) is 14.6. The van der Waals surface area contributed by atoms with E-state index >= 15 is 0 Å². The molecule has 2 aromatic heterocycles. The Bertz CT molecular complexity index is 772. The van der Waals surface area contributed by atoms with Gasteiger partial charge in [-0.3, -0.25) is 0 Å². The highest BCUT2D eigenvalue weighted by molar-refractivity contribution is 7.12. The quantitative estimate of drug-likeness (QED) is 0.263. The lowest BCUT2D eigenvalue weighted by Crippen LogP contribution is -3.00. The van der Waals surface area contributed by atoms with E-state index in [1.807, 2.05) is 22.9 Å². The fraction of sp³-hybridized carbons (Fsp3) is 0.591. The number of esters is 1. The fourth-order valence-electron chi connectivity index (χ4n) is 4.69. The number of rotatable bonds is 10. The Morgan fingerprint density at radius 1 is 1.13 bits per heavy atom. The van der Waals surface area contributed by atoms with Crippen LogP contribution in [0.1, 0.15) is 22.6 Å². The summed E-state index contributed by atoms with van der Waals surface area (Å²) in [6.45, 7) is 5.82. The largest absolute Gasteiger partial charge is 1.00 e. The molecule has 9 heteroatoms. The molecule has 3 fully saturated rings. The first-order valence-electron chi connectivity index (χ1n) is 10.5. The van der Waals surface area contributed by atoms with Crippen molar-refractivity contribution < 1.29 is 45.6 Å². The Morgan fingerprint density at radius 2 is 1.77 bits per heavy atom. The molecule has 1 N–H and O–H groups in total. The van der Waals surface area contributed by atoms with E-state index in [0.717, 1.165) is 43.5 Å². The molecular weight excluding hydrogens is 502 g/mol. The van der Waals surface area contributed by atoms with Crippen LogP contribution in [0.5, 0.6) is 0 Å². The number of quaternary nitrogens is 1. The molecular formula is C22H30BrNO5S2. The van der Waals surface area contributed by atoms with Crippen LogP contribution >= 0.6 is 22.7 Å². The van der Waals surface area contributed by atoms with E-state index in [4.69, 9.17) is 14.2 Å². The van der Waals surface area contributed by atoms with Gasteiger partial charge in [0.05, 0.1) is 42.7 Å². The summed E-state index contributed by atoms with van der Waals surface area (Å²) in [5, 5.41) is 15.2. The third-order valence-corrected chi connectivity index (χ3v) is 8.45. The van der Waals surface area contributed by atoms with Gasteiger partial charge in [0, 0.05) is 25.9 Å². The lowest BCUT2D eigenvalue weighted by Gasteiger charge is -2.52. The number of carbonyl (C=O) groups excluding carboxylic acids is 1. The predicted octanol–water partition coefficient (Wildman–Crippen LogP) is -0.135. The maximum absolute atomic E-state index is 13.3. The number of methoxy groups -OCH3 is 1. The lowest BCUT2D eigenvalue weighted by atomic mass is 9.83. The minimum absolute atomic E-state index is 0. The summed E-state index contributed by atoms with van der Waals surface area (Å²) in [4.78, 5) is 14.5. The van der Waals surface area contributed by atoms with Gasteiger partial charge in [-0.2, -0.15) is 0 Å². The fourth-order valence-corrected chi connectivity index (χ4v) is 6.40. The highest BCUT2D eigenvalue weighted by atomic mass is 79.9. The van der Waals surface area contributed by atoms with Crippen LogP contribution in [-0.2, 0) is 24.6 Å². The Balaban J connectivity index is 0.00000272. The molecule has 3 aliphatic heterocycles. The molecule has 0 amide bonds. The van der Waals surface area contributed by atoms with E-state index < -0.39 is 11.6 Å². The van der Waals surface area contributed by atoms with Gasteiger partial charge in [-0.1, -0.05) is 12.1 Å². The number of halogens is 1. The first-order valence-corrected chi connectivity index (χ1v) is 12.3. The topological polar surface area (TPSA) is 65.0 Å². The van der Waals surface area contributed by atoms with Crippen molar-refractivity contribution in [2.45, 2.75) is 24.5 Å². The number of piperidine rings is 3. The van der Waals surface area contributed by atoms with E-state index in [1.54, 1.807) is 19.2 Å². The minimum atomic E-state index is -1.73. The van der Waals surface area contributed by atoms with Gasteiger partial charge < -0.3 is 40.8 Å². The SMILES string of the molecule is COCCOCC[N+]12CCC(CC1)[C@@H](OC(=O)C(O)(c1cccs1)c1cccs1)C2.[Br-]. The molecule has 1 atom stereocenters. The van der Waals surface area contributed by atoms with Crippen molar-refractivity contribution in [1.82, 2.24) is 0 Å². The molecule has 31 heavy (non-hydrogen) atoms. The van der Waals surface area contributed by atoms with E-state index in [9.17, 15) is 9.90 Å². The number of fused-ring (bicyclic) bond motifs is 3. The molecule has 2 aromatic rings. The van der Waals surface area contributed by atoms with Gasteiger partial charge >= 0.3 is 5.97 Å². The first kappa shape index (κ1) is 24.8. The van der Waals surface area contributed by atoms with E-state index in [-0.39, 0.29) is 23.1 Å². The molecule has 0 aromatic carbocycles. The molecule has 0 aliphatic carbocycles. The molecule has 0 spiro atoms. The molecule has 2 bridgehead atoms. The van der Waals surface area contributed by atoms with Gasteiger partial charge in [-0.05, 0) is 22.9 Å². The molecule has 0 radical (unpaired) electrons. The van der Waals surface area contributed by atoms with E-state index in [0.29, 0.717) is 35.5 Å². The second kappa shape index (κ2) is 10.9. The zero-order valence-electron chi connectivity index (χ0n) is 17.7. The average molecular weight is 533 g/mol. The van der Waals surface area contributed by atoms with Crippen molar-refractivity contribution in [2.24, 2.45) is 5.92 Å². The van der Waals surface area contributed by atoms with Gasteiger partial charge in [0.15, 0.2) is 6.10 Å². The summed E-state index contributed by atoms with van der Waals surface area (Å²) in [5.41, 5.74) is -1.73. The van der Waals surface area contributed by atoms with Crippen LogP contribution in [0.25, 0.3) is 0 Å². The number of nitrogens with zero attached hydrogens (tertiary/aromatic N) is 1. The van der Waals surface area contributed by atoms with E-state index in [2.05, 4.69) is 0 Å². The number of thiophene rings is 2. The van der Waals surface area contributed by atoms with Crippen molar-refractivity contribution >= 4 is 28.6 Å². The maximum Gasteiger partial charge on any atom is 0.349 e. The summed E-state index contributed by atoms with van der Waals surface area (Å²) in [6, 6.07) is 7.30. The molecule has 0 unspecified atom stereocenters. The third kappa shape index (κ3) is 5.24. The van der Waals surface area contributed by atoms with Crippen molar-refractivity contribution in [3.05, 3.63) is 44.8 Å². The standard InChI is InChI=1S/C22H30NO5S2.BrH/c1-26-12-13-27-11-10-23-8-6-17(7-9-23)18(16-23)28-21(24)22(25,19-4-2-14-29-19)20-5-3-15-30-20;/h2-5,14-15,17-18,25H,6-13,16H2,1H3;1H/q+1;/p-1/t17?,18-,23?;/m0./s1. The van der Waals surface area contributed by atoms with Crippen LogP contribution in [0, 0.1) is 5.92 Å². The van der Waals surface area contributed by atoms with Crippen LogP contribution in [0.2, 0.25) is 0 Å². The van der Waals surface area contributed by atoms with Crippen molar-refractivity contribution in [3.8, 4) is 0 Å². The molecule has 3 aliphatic rings. The number of hydrogen-bond donors (Lipinski definition) is 1. The van der Waals surface area contributed by atoms with Crippen LogP contribution < -0.4 is 17.0 Å². The van der Waals surface area contributed by atoms with Crippen LogP contribution in [-0.4, -0.2) is 74.8 Å². The predicted molar refractivity (Wildman–Crippen MR) is 117 cm³/mol. The molecule has 5 rings (SSSR count). The zero-order chi connectivity index (χ0) is 21.0. The maximum atomic E-state index is 13.3. The van der Waals surface area contributed by atoms with Gasteiger partial charge in [0.25, 0.3) is 0 Å². The second-order valence-electron chi connectivity index (χ2n) is 8.25. The smallest absolute Gasteiger partial charge is 0.349 e. The van der Waals surface area contributed by atoms with Crippen LogP contribution in [0.3, 0.4) is 0 Å². The number of carbonyl (C=O) groups is 1. The second-order valence-corrected chi connectivity index (χ2v) is 10.1.